The van der Waals surface area contributed by atoms with Crippen LogP contribution in [0.3, 0.4) is 0 Å². The Labute approximate surface area is 105 Å². The third kappa shape index (κ3) is 2.77. The third-order valence-corrected chi connectivity index (χ3v) is 2.97. The molecule has 0 aliphatic heterocycles. The minimum atomic E-state index is -0.311. The summed E-state index contributed by atoms with van der Waals surface area (Å²) < 4.78 is 0. The van der Waals surface area contributed by atoms with Gasteiger partial charge in [0.25, 0.3) is 0 Å². The van der Waals surface area contributed by atoms with Gasteiger partial charge in [0.05, 0.1) is 0 Å². The minimum absolute atomic E-state index is 0.108. The van der Waals surface area contributed by atoms with E-state index in [9.17, 15) is 9.59 Å². The van der Waals surface area contributed by atoms with E-state index in [0.29, 0.717) is 25.7 Å². The second kappa shape index (κ2) is 5.49. The lowest BCUT2D eigenvalue weighted by atomic mass is 10.0. The number of hydrogen-bond donors (Lipinski definition) is 2. The first-order valence-electron chi connectivity index (χ1n) is 6.06. The van der Waals surface area contributed by atoms with Gasteiger partial charge in [-0.1, -0.05) is 18.2 Å². The SMILES string of the molecule is NC(=O)CCCCC(=O)c1c[nH]c2ccccc12. The van der Waals surface area contributed by atoms with Gasteiger partial charge in [-0.25, -0.2) is 0 Å². The summed E-state index contributed by atoms with van der Waals surface area (Å²) in [6.07, 6.45) is 3.92. The molecule has 0 unspecified atom stereocenters. The number of fused-ring (bicyclic) bond motifs is 1. The molecule has 0 saturated carbocycles. The van der Waals surface area contributed by atoms with Gasteiger partial charge in [0.2, 0.25) is 5.91 Å². The fraction of sp³-hybridized carbons (Fsp3) is 0.286. The normalized spacial score (nSPS) is 10.7. The van der Waals surface area contributed by atoms with Crippen LogP contribution < -0.4 is 5.73 Å². The van der Waals surface area contributed by atoms with Crippen molar-refractivity contribution in [3.8, 4) is 0 Å². The molecule has 0 atom stereocenters. The van der Waals surface area contributed by atoms with E-state index in [2.05, 4.69) is 4.98 Å². The molecule has 0 radical (unpaired) electrons. The molecule has 94 valence electrons. The molecule has 1 heterocycles. The topological polar surface area (TPSA) is 76.0 Å². The van der Waals surface area contributed by atoms with Crippen molar-refractivity contribution in [3.63, 3.8) is 0 Å². The van der Waals surface area contributed by atoms with Crippen LogP contribution in [0, 0.1) is 0 Å². The van der Waals surface area contributed by atoms with Crippen molar-refractivity contribution in [1.29, 1.82) is 0 Å². The van der Waals surface area contributed by atoms with E-state index >= 15 is 0 Å². The number of aromatic amines is 1. The lowest BCUT2D eigenvalue weighted by molar-refractivity contribution is -0.118. The Bertz CT molecular complexity index is 572. The third-order valence-electron chi connectivity index (χ3n) is 2.97. The molecular weight excluding hydrogens is 228 g/mol. The van der Waals surface area contributed by atoms with Gasteiger partial charge in [-0.15, -0.1) is 0 Å². The number of amides is 1. The van der Waals surface area contributed by atoms with Gasteiger partial charge >= 0.3 is 0 Å². The van der Waals surface area contributed by atoms with Gasteiger partial charge in [-0.3, -0.25) is 9.59 Å². The van der Waals surface area contributed by atoms with Gasteiger partial charge in [0.1, 0.15) is 0 Å². The number of hydrogen-bond acceptors (Lipinski definition) is 2. The average molecular weight is 244 g/mol. The van der Waals surface area contributed by atoms with Crippen molar-refractivity contribution in [2.75, 3.05) is 0 Å². The smallest absolute Gasteiger partial charge is 0.217 e. The van der Waals surface area contributed by atoms with Crippen molar-refractivity contribution in [2.45, 2.75) is 25.7 Å². The van der Waals surface area contributed by atoms with Crippen LogP contribution in [-0.4, -0.2) is 16.7 Å². The summed E-state index contributed by atoms with van der Waals surface area (Å²) in [5.41, 5.74) is 6.75. The number of unbranched alkanes of at least 4 members (excludes halogenated alkanes) is 1. The number of carbonyl (C=O) groups is 2. The van der Waals surface area contributed by atoms with E-state index in [1.165, 1.54) is 0 Å². The summed E-state index contributed by atoms with van der Waals surface area (Å²) >= 11 is 0. The monoisotopic (exact) mass is 244 g/mol. The molecule has 0 spiro atoms. The zero-order chi connectivity index (χ0) is 13.0. The molecule has 3 N–H and O–H groups in total. The molecule has 4 heteroatoms. The van der Waals surface area contributed by atoms with Crippen molar-refractivity contribution >= 4 is 22.6 Å². The van der Waals surface area contributed by atoms with E-state index < -0.39 is 0 Å². The number of aromatic nitrogens is 1. The summed E-state index contributed by atoms with van der Waals surface area (Å²) in [4.78, 5) is 25.7. The zero-order valence-electron chi connectivity index (χ0n) is 10.1. The van der Waals surface area contributed by atoms with E-state index in [1.54, 1.807) is 6.20 Å². The highest BCUT2D eigenvalue weighted by molar-refractivity contribution is 6.07. The number of Topliss-reactive ketones (excluding diaryl/α,β-unsaturated/α-hetero) is 1. The van der Waals surface area contributed by atoms with Gasteiger partial charge < -0.3 is 10.7 Å². The van der Waals surface area contributed by atoms with Gasteiger partial charge in [0, 0.05) is 35.5 Å². The highest BCUT2D eigenvalue weighted by atomic mass is 16.1. The number of rotatable bonds is 6. The second-order valence-electron chi connectivity index (χ2n) is 4.34. The first kappa shape index (κ1) is 12.4. The van der Waals surface area contributed by atoms with Crippen LogP contribution in [0.15, 0.2) is 30.5 Å². The van der Waals surface area contributed by atoms with Crippen molar-refractivity contribution in [2.24, 2.45) is 5.73 Å². The summed E-state index contributed by atoms with van der Waals surface area (Å²) in [7, 11) is 0. The van der Waals surface area contributed by atoms with E-state index in [-0.39, 0.29) is 11.7 Å². The molecule has 2 aromatic rings. The van der Waals surface area contributed by atoms with E-state index in [1.807, 2.05) is 24.3 Å². The Morgan fingerprint density at radius 3 is 2.61 bits per heavy atom. The Kier molecular flexibility index (Phi) is 3.77. The first-order chi connectivity index (χ1) is 8.68. The second-order valence-corrected chi connectivity index (χ2v) is 4.34. The van der Waals surface area contributed by atoms with Crippen molar-refractivity contribution in [3.05, 3.63) is 36.0 Å². The van der Waals surface area contributed by atoms with Crippen LogP contribution in [0.5, 0.6) is 0 Å². The molecule has 4 nitrogen and oxygen atoms in total. The van der Waals surface area contributed by atoms with E-state index in [4.69, 9.17) is 5.73 Å². The summed E-state index contributed by atoms with van der Waals surface area (Å²) in [5.74, 6) is -0.202. The Hall–Kier alpha value is -2.10. The zero-order valence-corrected chi connectivity index (χ0v) is 10.1. The maximum Gasteiger partial charge on any atom is 0.217 e. The Balaban J connectivity index is 1.99. The molecule has 2 rings (SSSR count). The number of benzene rings is 1. The fourth-order valence-corrected chi connectivity index (χ4v) is 2.02. The van der Waals surface area contributed by atoms with Crippen molar-refractivity contribution in [1.82, 2.24) is 4.98 Å². The Morgan fingerprint density at radius 2 is 1.83 bits per heavy atom. The predicted octanol–water partition coefficient (Wildman–Crippen LogP) is 2.40. The number of nitrogens with two attached hydrogens (primary N) is 1. The Morgan fingerprint density at radius 1 is 1.11 bits per heavy atom. The number of carbonyl (C=O) groups excluding carboxylic acids is 2. The molecular formula is C14H16N2O2. The van der Waals surface area contributed by atoms with Crippen LogP contribution in [0.1, 0.15) is 36.0 Å². The number of nitrogens with one attached hydrogen (secondary N) is 1. The maximum absolute atomic E-state index is 12.0. The minimum Gasteiger partial charge on any atom is -0.370 e. The largest absolute Gasteiger partial charge is 0.370 e. The summed E-state index contributed by atoms with van der Waals surface area (Å²) in [6, 6.07) is 7.72. The van der Waals surface area contributed by atoms with Crippen LogP contribution in [0.25, 0.3) is 10.9 Å². The lowest BCUT2D eigenvalue weighted by Crippen LogP contribution is -2.10. The molecule has 1 amide bonds. The van der Waals surface area contributed by atoms with Gasteiger partial charge in [-0.05, 0) is 18.9 Å². The molecule has 0 aliphatic rings. The van der Waals surface area contributed by atoms with Crippen LogP contribution >= 0.6 is 0 Å². The fourth-order valence-electron chi connectivity index (χ4n) is 2.02. The number of ketones is 1. The maximum atomic E-state index is 12.0. The number of primary amides is 1. The molecule has 0 fully saturated rings. The van der Waals surface area contributed by atoms with Crippen molar-refractivity contribution < 1.29 is 9.59 Å². The van der Waals surface area contributed by atoms with E-state index in [0.717, 1.165) is 16.5 Å². The van der Waals surface area contributed by atoms with Gasteiger partial charge in [0.15, 0.2) is 5.78 Å². The van der Waals surface area contributed by atoms with Gasteiger partial charge in [-0.2, -0.15) is 0 Å². The number of para-hydroxylation sites is 1. The summed E-state index contributed by atoms with van der Waals surface area (Å²) in [5, 5.41) is 0.956. The van der Waals surface area contributed by atoms with Crippen LogP contribution in [0.2, 0.25) is 0 Å². The number of H-pyrrole nitrogens is 1. The molecule has 0 saturated heterocycles. The average Bonchev–Trinajstić information content (AvgIpc) is 2.78. The molecule has 0 bridgehead atoms. The molecule has 1 aromatic heterocycles. The van der Waals surface area contributed by atoms with Crippen LogP contribution in [-0.2, 0) is 4.79 Å². The highest BCUT2D eigenvalue weighted by Gasteiger charge is 2.11. The molecule has 18 heavy (non-hydrogen) atoms. The van der Waals surface area contributed by atoms with Crippen LogP contribution in [0.4, 0.5) is 0 Å². The quantitative estimate of drug-likeness (QED) is 0.604. The molecule has 0 aliphatic carbocycles. The first-order valence-corrected chi connectivity index (χ1v) is 6.06. The molecule has 1 aromatic carbocycles. The lowest BCUT2D eigenvalue weighted by Gasteiger charge is -1.99. The highest BCUT2D eigenvalue weighted by Crippen LogP contribution is 2.19. The predicted molar refractivity (Wildman–Crippen MR) is 70.3 cm³/mol. The summed E-state index contributed by atoms with van der Waals surface area (Å²) in [6.45, 7) is 0. The standard InChI is InChI=1S/C14H16N2O2/c15-14(18)8-4-3-7-13(17)11-9-16-12-6-2-1-5-10(11)12/h1-2,5-6,9,16H,3-4,7-8H2,(H2,15,18).